The van der Waals surface area contributed by atoms with Crippen LogP contribution in [0.3, 0.4) is 0 Å². The minimum absolute atomic E-state index is 0.147. The van der Waals surface area contributed by atoms with E-state index in [1.54, 1.807) is 23.3 Å². The van der Waals surface area contributed by atoms with Gasteiger partial charge < -0.3 is 9.59 Å². The average Bonchev–Trinajstić information content (AvgIpc) is 3.19. The second-order valence-electron chi connectivity index (χ2n) is 8.77. The SMILES string of the molecule is CN(C(=O)C1(CC(=O)O)Cc2ccccc2C1)c1nc2c(s1)C[N+](C)(C)CC2. The van der Waals surface area contributed by atoms with Gasteiger partial charge >= 0.3 is 5.97 Å². The van der Waals surface area contributed by atoms with Crippen molar-refractivity contribution < 1.29 is 19.2 Å². The number of hydrogen-bond acceptors (Lipinski definition) is 4. The molecule has 1 amide bonds. The van der Waals surface area contributed by atoms with E-state index in [1.165, 1.54) is 4.88 Å². The van der Waals surface area contributed by atoms with Crippen molar-refractivity contribution in [2.45, 2.75) is 32.2 Å². The Labute approximate surface area is 169 Å². The lowest BCUT2D eigenvalue weighted by Crippen LogP contribution is -2.44. The molecule has 0 bridgehead atoms. The number of nitrogens with zero attached hydrogens (tertiary/aromatic N) is 3. The zero-order valence-corrected chi connectivity index (χ0v) is 17.4. The molecule has 6 nitrogen and oxygen atoms in total. The first kappa shape index (κ1) is 19.1. The van der Waals surface area contributed by atoms with Crippen molar-refractivity contribution in [3.8, 4) is 0 Å². The van der Waals surface area contributed by atoms with Gasteiger partial charge in [-0.15, -0.1) is 0 Å². The molecule has 148 valence electrons. The summed E-state index contributed by atoms with van der Waals surface area (Å²) < 4.78 is 0.921. The summed E-state index contributed by atoms with van der Waals surface area (Å²) in [5.41, 5.74) is 2.29. The molecule has 28 heavy (non-hydrogen) atoms. The van der Waals surface area contributed by atoms with Crippen molar-refractivity contribution in [1.29, 1.82) is 0 Å². The van der Waals surface area contributed by atoms with Crippen molar-refractivity contribution in [2.24, 2.45) is 5.41 Å². The Morgan fingerprint density at radius 2 is 1.89 bits per heavy atom. The molecule has 2 heterocycles. The fraction of sp³-hybridized carbons (Fsp3) is 0.476. The van der Waals surface area contributed by atoms with Crippen LogP contribution in [0.5, 0.6) is 0 Å². The van der Waals surface area contributed by atoms with Crippen LogP contribution >= 0.6 is 11.3 Å². The predicted molar refractivity (Wildman–Crippen MR) is 108 cm³/mol. The number of aliphatic carboxylic acids is 1. The third kappa shape index (κ3) is 3.33. The lowest BCUT2D eigenvalue weighted by atomic mass is 9.80. The number of carboxylic acids is 1. The molecule has 1 aromatic carbocycles. The van der Waals surface area contributed by atoms with Crippen molar-refractivity contribution in [3.05, 3.63) is 46.0 Å². The number of carbonyl (C=O) groups excluding carboxylic acids is 1. The van der Waals surface area contributed by atoms with E-state index in [2.05, 4.69) is 14.1 Å². The molecule has 0 unspecified atom stereocenters. The number of rotatable bonds is 4. The minimum atomic E-state index is -0.939. The fourth-order valence-corrected chi connectivity index (χ4v) is 5.76. The van der Waals surface area contributed by atoms with Gasteiger partial charge in [0.25, 0.3) is 0 Å². The van der Waals surface area contributed by atoms with E-state index in [4.69, 9.17) is 4.98 Å². The molecule has 0 spiro atoms. The number of likely N-dealkylation sites (N-methyl/N-ethyl adjacent to an activating group) is 1. The number of carbonyl (C=O) groups is 2. The van der Waals surface area contributed by atoms with Crippen molar-refractivity contribution in [2.75, 3.05) is 32.6 Å². The van der Waals surface area contributed by atoms with E-state index < -0.39 is 11.4 Å². The van der Waals surface area contributed by atoms with Gasteiger partial charge in [0.2, 0.25) is 5.91 Å². The van der Waals surface area contributed by atoms with Crippen LogP contribution in [0, 0.1) is 5.41 Å². The van der Waals surface area contributed by atoms with Gasteiger partial charge in [0, 0.05) is 13.5 Å². The lowest BCUT2D eigenvalue weighted by Gasteiger charge is -2.32. The highest BCUT2D eigenvalue weighted by Gasteiger charge is 2.47. The summed E-state index contributed by atoms with van der Waals surface area (Å²) in [4.78, 5) is 32.7. The maximum absolute atomic E-state index is 13.5. The van der Waals surface area contributed by atoms with E-state index in [-0.39, 0.29) is 12.3 Å². The van der Waals surface area contributed by atoms with Gasteiger partial charge in [-0.25, -0.2) is 4.98 Å². The van der Waals surface area contributed by atoms with Gasteiger partial charge in [0.1, 0.15) is 6.54 Å². The molecule has 0 saturated carbocycles. The number of thiazole rings is 1. The van der Waals surface area contributed by atoms with Crippen LogP contribution in [0.25, 0.3) is 0 Å². The Bertz CT molecular complexity index is 925. The standard InChI is InChI=1S/C21H25N3O3S/c1-23(20-22-16-8-9-24(2,3)13-17(16)28-20)19(27)21(12-18(25)26)10-14-6-4-5-7-15(14)11-21/h4-7H,8-13H2,1-3H3/p+1. The Balaban J connectivity index is 1.63. The maximum Gasteiger partial charge on any atom is 0.304 e. The maximum atomic E-state index is 13.5. The highest BCUT2D eigenvalue weighted by atomic mass is 32.1. The molecule has 1 aliphatic carbocycles. The van der Waals surface area contributed by atoms with E-state index in [1.807, 2.05) is 24.3 Å². The highest BCUT2D eigenvalue weighted by Crippen LogP contribution is 2.42. The first-order valence-electron chi connectivity index (χ1n) is 9.56. The van der Waals surface area contributed by atoms with Crippen molar-refractivity contribution in [3.63, 3.8) is 0 Å². The summed E-state index contributed by atoms with van der Waals surface area (Å²) >= 11 is 1.57. The third-order valence-corrected chi connectivity index (χ3v) is 7.16. The van der Waals surface area contributed by atoms with Gasteiger partial charge in [-0.1, -0.05) is 35.6 Å². The Morgan fingerprint density at radius 1 is 1.25 bits per heavy atom. The monoisotopic (exact) mass is 400 g/mol. The first-order valence-corrected chi connectivity index (χ1v) is 10.4. The minimum Gasteiger partial charge on any atom is -0.481 e. The molecule has 0 atom stereocenters. The number of carboxylic acid groups (broad SMARTS) is 1. The van der Waals surface area contributed by atoms with Crippen LogP contribution in [0.4, 0.5) is 5.13 Å². The van der Waals surface area contributed by atoms with E-state index in [9.17, 15) is 14.7 Å². The number of anilines is 1. The van der Waals surface area contributed by atoms with E-state index in [0.717, 1.165) is 40.8 Å². The highest BCUT2D eigenvalue weighted by molar-refractivity contribution is 7.15. The molecule has 1 aliphatic heterocycles. The largest absolute Gasteiger partial charge is 0.481 e. The van der Waals surface area contributed by atoms with Crippen LogP contribution in [0.2, 0.25) is 0 Å². The number of quaternary nitrogens is 1. The summed E-state index contributed by atoms with van der Waals surface area (Å²) in [5.74, 6) is -1.09. The number of aromatic nitrogens is 1. The first-order chi connectivity index (χ1) is 13.2. The van der Waals surface area contributed by atoms with Gasteiger partial charge in [-0.3, -0.25) is 14.5 Å². The Morgan fingerprint density at radius 3 is 2.50 bits per heavy atom. The van der Waals surface area contributed by atoms with Crippen LogP contribution in [-0.4, -0.2) is 54.1 Å². The predicted octanol–water partition coefficient (Wildman–Crippen LogP) is 2.50. The number of hydrogen-bond donors (Lipinski definition) is 1. The summed E-state index contributed by atoms with van der Waals surface area (Å²) in [6, 6.07) is 7.88. The fourth-order valence-electron chi connectivity index (χ4n) is 4.49. The molecule has 7 heteroatoms. The summed E-state index contributed by atoms with van der Waals surface area (Å²) in [5, 5.41) is 10.2. The molecule has 0 radical (unpaired) electrons. The zero-order chi connectivity index (χ0) is 20.1. The van der Waals surface area contributed by atoms with Gasteiger partial charge in [-0.05, 0) is 24.0 Å². The molecule has 0 saturated heterocycles. The summed E-state index contributed by atoms with van der Waals surface area (Å²) in [6.07, 6.45) is 1.67. The van der Waals surface area contributed by atoms with Crippen molar-refractivity contribution >= 4 is 28.3 Å². The lowest BCUT2D eigenvalue weighted by molar-refractivity contribution is -0.905. The van der Waals surface area contributed by atoms with Gasteiger partial charge in [0.15, 0.2) is 5.13 Å². The van der Waals surface area contributed by atoms with E-state index in [0.29, 0.717) is 18.0 Å². The third-order valence-electron chi connectivity index (χ3n) is 6.00. The number of benzene rings is 1. The van der Waals surface area contributed by atoms with Crippen LogP contribution < -0.4 is 4.90 Å². The second kappa shape index (κ2) is 6.67. The van der Waals surface area contributed by atoms with Crippen LogP contribution in [0.15, 0.2) is 24.3 Å². The molecule has 2 aromatic rings. The molecule has 4 rings (SSSR count). The average molecular weight is 401 g/mol. The summed E-state index contributed by atoms with van der Waals surface area (Å²) in [6.45, 7) is 1.95. The summed E-state index contributed by atoms with van der Waals surface area (Å²) in [7, 11) is 6.14. The second-order valence-corrected chi connectivity index (χ2v) is 9.83. The van der Waals surface area contributed by atoms with Gasteiger partial charge in [0.05, 0.1) is 43.0 Å². The topological polar surface area (TPSA) is 70.5 Å². The molecule has 0 fully saturated rings. The molecule has 1 N–H and O–H groups in total. The Kier molecular flexibility index (Phi) is 4.55. The molecule has 1 aromatic heterocycles. The normalized spacial score (nSPS) is 19.0. The van der Waals surface area contributed by atoms with Crippen LogP contribution in [-0.2, 0) is 35.4 Å². The Hall–Kier alpha value is -2.25. The number of fused-ring (bicyclic) bond motifs is 2. The zero-order valence-electron chi connectivity index (χ0n) is 16.6. The van der Waals surface area contributed by atoms with Crippen LogP contribution in [0.1, 0.15) is 28.1 Å². The molecular formula is C21H26N3O3S+. The molecule has 2 aliphatic rings. The smallest absolute Gasteiger partial charge is 0.304 e. The molecular weight excluding hydrogens is 374 g/mol. The number of amides is 1. The van der Waals surface area contributed by atoms with Crippen molar-refractivity contribution in [1.82, 2.24) is 4.98 Å². The van der Waals surface area contributed by atoms with Gasteiger partial charge in [-0.2, -0.15) is 0 Å². The van der Waals surface area contributed by atoms with E-state index >= 15 is 0 Å². The quantitative estimate of drug-likeness (QED) is 0.801.